The molecule has 0 aliphatic carbocycles. The second kappa shape index (κ2) is 8.47. The highest BCUT2D eigenvalue weighted by Gasteiger charge is 2.31. The third-order valence-corrected chi connectivity index (χ3v) is 5.12. The van der Waals surface area contributed by atoms with Crippen LogP contribution in [0.3, 0.4) is 0 Å². The monoisotopic (exact) mass is 463 g/mol. The van der Waals surface area contributed by atoms with Gasteiger partial charge in [0.05, 0.1) is 17.0 Å². The van der Waals surface area contributed by atoms with Gasteiger partial charge in [0.2, 0.25) is 12.1 Å². The minimum atomic E-state index is -4.51. The van der Waals surface area contributed by atoms with Gasteiger partial charge < -0.3 is 15.1 Å². The van der Waals surface area contributed by atoms with Crippen LogP contribution in [0.1, 0.15) is 16.7 Å². The van der Waals surface area contributed by atoms with E-state index in [9.17, 15) is 18.0 Å². The van der Waals surface area contributed by atoms with Crippen molar-refractivity contribution in [1.29, 1.82) is 0 Å². The van der Waals surface area contributed by atoms with Gasteiger partial charge in [-0.3, -0.25) is 4.79 Å². The molecule has 1 amide bonds. The first-order valence-corrected chi connectivity index (χ1v) is 10.2. The lowest BCUT2D eigenvalue weighted by molar-refractivity contribution is -0.137. The van der Waals surface area contributed by atoms with Gasteiger partial charge in [0, 0.05) is 16.7 Å². The summed E-state index contributed by atoms with van der Waals surface area (Å²) < 4.78 is 44.6. The normalized spacial score (nSPS) is 15.7. The first kappa shape index (κ1) is 21.4. The van der Waals surface area contributed by atoms with Gasteiger partial charge in [-0.25, -0.2) is 4.99 Å². The van der Waals surface area contributed by atoms with Crippen molar-refractivity contribution in [3.05, 3.63) is 95.6 Å². The number of benzene rings is 3. The van der Waals surface area contributed by atoms with Gasteiger partial charge in [-0.15, -0.1) is 5.10 Å². The number of nitrogens with one attached hydrogen (secondary N) is 2. The fourth-order valence-electron chi connectivity index (χ4n) is 3.52. The summed E-state index contributed by atoms with van der Waals surface area (Å²) in [4.78, 5) is 17.5. The number of carbonyl (C=O) groups is 1. The van der Waals surface area contributed by atoms with E-state index in [0.717, 1.165) is 23.3 Å². The van der Waals surface area contributed by atoms with Gasteiger partial charge in [0.15, 0.2) is 0 Å². The highest BCUT2D eigenvalue weighted by molar-refractivity contribution is 6.19. The molecule has 2 heterocycles. The maximum atomic E-state index is 13.0. The molecule has 7 nitrogen and oxygen atoms in total. The van der Waals surface area contributed by atoms with Crippen LogP contribution in [-0.2, 0) is 11.0 Å². The Labute approximate surface area is 191 Å². The fourth-order valence-corrected chi connectivity index (χ4v) is 3.52. The zero-order chi connectivity index (χ0) is 23.7. The molecule has 5 rings (SSSR count). The smallest absolute Gasteiger partial charge is 0.403 e. The van der Waals surface area contributed by atoms with E-state index >= 15 is 0 Å². The molecule has 1 aromatic heterocycles. The Morgan fingerprint density at radius 3 is 2.41 bits per heavy atom. The second-order valence-electron chi connectivity index (χ2n) is 7.42. The molecule has 0 radical (unpaired) electrons. The molecule has 1 atom stereocenters. The van der Waals surface area contributed by atoms with Crippen LogP contribution in [0, 0.1) is 0 Å². The number of aliphatic imine (C=N–C) groups is 1. The molecule has 0 bridgehead atoms. The summed E-state index contributed by atoms with van der Waals surface area (Å²) in [6.07, 6.45) is -5.63. The predicted octanol–water partition coefficient (Wildman–Crippen LogP) is 4.98. The number of anilines is 2. The van der Waals surface area contributed by atoms with Crippen molar-refractivity contribution in [2.75, 3.05) is 10.6 Å². The number of halogens is 3. The number of amides is 1. The van der Waals surface area contributed by atoms with Crippen LogP contribution in [0.2, 0.25) is 0 Å². The van der Waals surface area contributed by atoms with Gasteiger partial charge >= 0.3 is 12.2 Å². The first-order valence-electron chi connectivity index (χ1n) is 10.2. The largest absolute Gasteiger partial charge is 0.416 e. The lowest BCUT2D eigenvalue weighted by Gasteiger charge is -2.11. The summed E-state index contributed by atoms with van der Waals surface area (Å²) in [5, 5.41) is 13.2. The van der Waals surface area contributed by atoms with Crippen molar-refractivity contribution in [2.24, 2.45) is 4.99 Å². The zero-order valence-corrected chi connectivity index (χ0v) is 17.4. The van der Waals surface area contributed by atoms with Gasteiger partial charge in [0.25, 0.3) is 5.91 Å². The average Bonchev–Trinajstić information content (AvgIpc) is 3.25. The molecule has 10 heteroatoms. The Bertz CT molecular complexity index is 1380. The number of hydrogen-bond donors (Lipinski definition) is 2. The molecule has 3 aromatic carbocycles. The van der Waals surface area contributed by atoms with Crippen LogP contribution in [0.5, 0.6) is 0 Å². The van der Waals surface area contributed by atoms with E-state index in [2.05, 4.69) is 25.8 Å². The maximum absolute atomic E-state index is 13.0. The standard InChI is InChI=1S/C24H16F3N5O2/c25-24(26,27)16-10-6-9-15(13-16)22-31-32-23(34-22)30-20-21(33)28-18-12-5-4-11-17(18)19(29-20)14-7-2-1-3-8-14/h1-13,20H,(H,28,33)(H,30,32)/t20-/m1/s1. The number of aromatic nitrogens is 2. The lowest BCUT2D eigenvalue weighted by Crippen LogP contribution is -2.32. The number of fused-ring (bicyclic) bond motifs is 1. The summed E-state index contributed by atoms with van der Waals surface area (Å²) >= 11 is 0. The van der Waals surface area contributed by atoms with Crippen molar-refractivity contribution in [3.8, 4) is 11.5 Å². The van der Waals surface area contributed by atoms with E-state index in [4.69, 9.17) is 4.42 Å². The Hall–Kier alpha value is -4.47. The molecule has 0 unspecified atom stereocenters. The molecule has 0 saturated carbocycles. The van der Waals surface area contributed by atoms with Gasteiger partial charge in [0.1, 0.15) is 0 Å². The Balaban J connectivity index is 1.47. The number of hydrogen-bond acceptors (Lipinski definition) is 6. The van der Waals surface area contributed by atoms with Crippen molar-refractivity contribution in [1.82, 2.24) is 10.2 Å². The maximum Gasteiger partial charge on any atom is 0.416 e. The molecule has 4 aromatic rings. The fraction of sp³-hybridized carbons (Fsp3) is 0.0833. The number of carbonyl (C=O) groups excluding carboxylic acids is 1. The SMILES string of the molecule is O=C1Nc2ccccc2C(c2ccccc2)=N[C@@H]1Nc1nnc(-c2cccc(C(F)(F)F)c2)o1. The van der Waals surface area contributed by atoms with Crippen LogP contribution in [-0.4, -0.2) is 28.0 Å². The number of alkyl halides is 3. The molecule has 0 spiro atoms. The highest BCUT2D eigenvalue weighted by Crippen LogP contribution is 2.32. The Kier molecular flexibility index (Phi) is 5.33. The van der Waals surface area contributed by atoms with Crippen LogP contribution in [0.4, 0.5) is 24.9 Å². The topological polar surface area (TPSA) is 92.4 Å². The van der Waals surface area contributed by atoms with Gasteiger partial charge in [-0.1, -0.05) is 59.7 Å². The molecule has 170 valence electrons. The number of nitrogens with zero attached hydrogens (tertiary/aromatic N) is 3. The van der Waals surface area contributed by atoms with E-state index < -0.39 is 23.8 Å². The van der Waals surface area contributed by atoms with Crippen molar-refractivity contribution in [2.45, 2.75) is 12.3 Å². The Morgan fingerprint density at radius 1 is 0.882 bits per heavy atom. The third-order valence-electron chi connectivity index (χ3n) is 5.12. The van der Waals surface area contributed by atoms with E-state index in [0.29, 0.717) is 11.4 Å². The summed E-state index contributed by atoms with van der Waals surface area (Å²) in [5.74, 6) is -0.588. The zero-order valence-electron chi connectivity index (χ0n) is 17.4. The second-order valence-corrected chi connectivity index (χ2v) is 7.42. The van der Waals surface area contributed by atoms with Gasteiger partial charge in [-0.05, 0) is 24.3 Å². The van der Waals surface area contributed by atoms with Crippen LogP contribution >= 0.6 is 0 Å². The average molecular weight is 463 g/mol. The molecule has 1 aliphatic rings. The lowest BCUT2D eigenvalue weighted by atomic mass is 10.0. The number of rotatable bonds is 4. The summed E-state index contributed by atoms with van der Waals surface area (Å²) in [7, 11) is 0. The minimum absolute atomic E-state index is 0.0987. The van der Waals surface area contributed by atoms with Crippen LogP contribution < -0.4 is 10.6 Å². The van der Waals surface area contributed by atoms with Crippen molar-refractivity contribution >= 4 is 23.3 Å². The summed E-state index contributed by atoms with van der Waals surface area (Å²) in [5.41, 5.74) is 1.96. The van der Waals surface area contributed by atoms with Crippen molar-refractivity contribution in [3.63, 3.8) is 0 Å². The molecular weight excluding hydrogens is 447 g/mol. The number of para-hydroxylation sites is 1. The van der Waals surface area contributed by atoms with E-state index in [1.807, 2.05) is 42.5 Å². The van der Waals surface area contributed by atoms with E-state index in [1.54, 1.807) is 12.1 Å². The van der Waals surface area contributed by atoms with Crippen LogP contribution in [0.25, 0.3) is 11.5 Å². The van der Waals surface area contributed by atoms with Crippen LogP contribution in [0.15, 0.2) is 88.3 Å². The molecule has 2 N–H and O–H groups in total. The summed E-state index contributed by atoms with van der Waals surface area (Å²) in [6.45, 7) is 0. The number of benzodiazepines with no additional fused rings is 1. The van der Waals surface area contributed by atoms with E-state index in [-0.39, 0.29) is 17.5 Å². The predicted molar refractivity (Wildman–Crippen MR) is 119 cm³/mol. The minimum Gasteiger partial charge on any atom is -0.403 e. The molecule has 0 fully saturated rings. The molecule has 34 heavy (non-hydrogen) atoms. The summed E-state index contributed by atoms with van der Waals surface area (Å²) in [6, 6.07) is 21.0. The third kappa shape index (κ3) is 4.25. The Morgan fingerprint density at radius 2 is 1.62 bits per heavy atom. The first-order chi connectivity index (χ1) is 16.4. The van der Waals surface area contributed by atoms with Gasteiger partial charge in [-0.2, -0.15) is 13.2 Å². The highest BCUT2D eigenvalue weighted by atomic mass is 19.4. The molecular formula is C24H16F3N5O2. The molecule has 1 aliphatic heterocycles. The molecule has 0 saturated heterocycles. The van der Waals surface area contributed by atoms with Crippen molar-refractivity contribution < 1.29 is 22.4 Å². The van der Waals surface area contributed by atoms with E-state index in [1.165, 1.54) is 12.1 Å². The quantitative estimate of drug-likeness (QED) is 0.445.